The van der Waals surface area contributed by atoms with Crippen LogP contribution in [0.5, 0.6) is 0 Å². The van der Waals surface area contributed by atoms with E-state index in [0.29, 0.717) is 5.56 Å². The van der Waals surface area contributed by atoms with Gasteiger partial charge >= 0.3 is 5.97 Å². The number of ether oxygens (including phenoxy) is 1. The fraction of sp³-hybridized carbons (Fsp3) is 0.364. The molecule has 0 bridgehead atoms. The summed E-state index contributed by atoms with van der Waals surface area (Å²) in [5.41, 5.74) is 1.52. The molecule has 1 rings (SSSR count). The smallest absolute Gasteiger partial charge is 0.333 e. The van der Waals surface area contributed by atoms with Gasteiger partial charge in [0.15, 0.2) is 6.10 Å². The Morgan fingerprint density at radius 1 is 1.60 bits per heavy atom. The maximum atomic E-state index is 12.9. The third-order valence-electron chi connectivity index (χ3n) is 2.28. The van der Waals surface area contributed by atoms with Gasteiger partial charge in [0.1, 0.15) is 5.82 Å². The minimum atomic E-state index is -1.04. The van der Waals surface area contributed by atoms with Crippen LogP contribution < -0.4 is 0 Å². The number of aryl methyl sites for hydroxylation is 1. The van der Waals surface area contributed by atoms with Crippen LogP contribution in [0.3, 0.4) is 0 Å². The maximum absolute atomic E-state index is 12.9. The lowest BCUT2D eigenvalue weighted by Gasteiger charge is -2.12. The van der Waals surface area contributed by atoms with Crippen LogP contribution >= 0.6 is 0 Å². The van der Waals surface area contributed by atoms with Crippen molar-refractivity contribution in [3.05, 3.63) is 35.1 Å². The number of aliphatic carboxylic acids is 1. The van der Waals surface area contributed by atoms with E-state index >= 15 is 0 Å². The predicted molar refractivity (Wildman–Crippen MR) is 53.3 cm³/mol. The SMILES string of the molecule is COC(Cc1cc(F)ccc1C)C(=O)O. The van der Waals surface area contributed by atoms with Crippen molar-refractivity contribution in [3.8, 4) is 0 Å². The summed E-state index contributed by atoms with van der Waals surface area (Å²) in [6.07, 6.45) is -0.749. The van der Waals surface area contributed by atoms with E-state index in [-0.39, 0.29) is 12.2 Å². The third kappa shape index (κ3) is 3.02. The minimum absolute atomic E-state index is 0.176. The van der Waals surface area contributed by atoms with Gasteiger partial charge < -0.3 is 9.84 Å². The molecule has 0 aliphatic heterocycles. The lowest BCUT2D eigenvalue weighted by atomic mass is 10.0. The Balaban J connectivity index is 2.87. The summed E-state index contributed by atoms with van der Waals surface area (Å²) in [6, 6.07) is 4.31. The molecule has 3 nitrogen and oxygen atoms in total. The van der Waals surface area contributed by atoms with E-state index in [0.717, 1.165) is 5.56 Å². The highest BCUT2D eigenvalue weighted by Crippen LogP contribution is 2.13. The molecule has 0 heterocycles. The number of methoxy groups -OCH3 is 1. The van der Waals surface area contributed by atoms with Gasteiger partial charge in [0, 0.05) is 13.5 Å². The molecular weight excluding hydrogens is 199 g/mol. The van der Waals surface area contributed by atoms with Crippen molar-refractivity contribution in [1.82, 2.24) is 0 Å². The van der Waals surface area contributed by atoms with Crippen LogP contribution in [0.15, 0.2) is 18.2 Å². The Morgan fingerprint density at radius 3 is 2.80 bits per heavy atom. The van der Waals surface area contributed by atoms with Crippen molar-refractivity contribution in [1.29, 1.82) is 0 Å². The van der Waals surface area contributed by atoms with Gasteiger partial charge in [-0.15, -0.1) is 0 Å². The van der Waals surface area contributed by atoms with Gasteiger partial charge in [-0.2, -0.15) is 0 Å². The van der Waals surface area contributed by atoms with Gasteiger partial charge in [-0.25, -0.2) is 9.18 Å². The molecule has 15 heavy (non-hydrogen) atoms. The second-order valence-electron chi connectivity index (χ2n) is 3.34. The molecule has 0 amide bonds. The molecule has 1 aromatic rings. The number of rotatable bonds is 4. The lowest BCUT2D eigenvalue weighted by Crippen LogP contribution is -2.25. The first-order chi connectivity index (χ1) is 7.04. The van der Waals surface area contributed by atoms with Crippen LogP contribution in [0.2, 0.25) is 0 Å². The van der Waals surface area contributed by atoms with Crippen molar-refractivity contribution in [2.75, 3.05) is 7.11 Å². The fourth-order valence-corrected chi connectivity index (χ4v) is 1.33. The first kappa shape index (κ1) is 11.7. The molecule has 1 atom stereocenters. The number of carbonyl (C=O) groups is 1. The predicted octanol–water partition coefficient (Wildman–Crippen LogP) is 1.78. The second kappa shape index (κ2) is 4.89. The molecule has 0 fully saturated rings. The molecule has 82 valence electrons. The fourth-order valence-electron chi connectivity index (χ4n) is 1.33. The largest absolute Gasteiger partial charge is 0.479 e. The van der Waals surface area contributed by atoms with E-state index in [1.54, 1.807) is 6.07 Å². The molecule has 1 N–H and O–H groups in total. The van der Waals surface area contributed by atoms with Crippen molar-refractivity contribution in [2.24, 2.45) is 0 Å². The number of carboxylic acid groups (broad SMARTS) is 1. The van der Waals surface area contributed by atoms with Crippen LogP contribution in [-0.4, -0.2) is 24.3 Å². The number of benzene rings is 1. The van der Waals surface area contributed by atoms with E-state index in [4.69, 9.17) is 9.84 Å². The van der Waals surface area contributed by atoms with Crippen molar-refractivity contribution >= 4 is 5.97 Å². The Morgan fingerprint density at radius 2 is 2.27 bits per heavy atom. The lowest BCUT2D eigenvalue weighted by molar-refractivity contribution is -0.148. The van der Waals surface area contributed by atoms with Crippen LogP contribution in [0.1, 0.15) is 11.1 Å². The standard InChI is InChI=1S/C11H13FO3/c1-7-3-4-9(12)5-8(7)6-10(15-2)11(13)14/h3-5,10H,6H2,1-2H3,(H,13,14). The Labute approximate surface area is 87.5 Å². The average molecular weight is 212 g/mol. The van der Waals surface area contributed by atoms with Gasteiger partial charge in [0.05, 0.1) is 0 Å². The van der Waals surface area contributed by atoms with Crippen LogP contribution in [0, 0.1) is 12.7 Å². The Bertz CT molecular complexity index is 363. The molecular formula is C11H13FO3. The molecule has 0 radical (unpaired) electrons. The number of hydrogen-bond acceptors (Lipinski definition) is 2. The quantitative estimate of drug-likeness (QED) is 0.827. The van der Waals surface area contributed by atoms with Crippen molar-refractivity contribution in [2.45, 2.75) is 19.4 Å². The van der Waals surface area contributed by atoms with Gasteiger partial charge in [0.25, 0.3) is 0 Å². The summed E-state index contributed by atoms with van der Waals surface area (Å²) in [6.45, 7) is 1.81. The van der Waals surface area contributed by atoms with E-state index < -0.39 is 12.1 Å². The molecule has 0 saturated heterocycles. The minimum Gasteiger partial charge on any atom is -0.479 e. The number of hydrogen-bond donors (Lipinski definition) is 1. The van der Waals surface area contributed by atoms with E-state index in [1.165, 1.54) is 19.2 Å². The molecule has 1 unspecified atom stereocenters. The summed E-state index contributed by atoms with van der Waals surface area (Å²) >= 11 is 0. The van der Waals surface area contributed by atoms with Crippen LogP contribution in [-0.2, 0) is 16.0 Å². The third-order valence-corrected chi connectivity index (χ3v) is 2.28. The monoisotopic (exact) mass is 212 g/mol. The molecule has 0 spiro atoms. The second-order valence-corrected chi connectivity index (χ2v) is 3.34. The summed E-state index contributed by atoms with van der Waals surface area (Å²) in [5, 5.41) is 8.78. The molecule has 0 aliphatic carbocycles. The molecule has 0 aromatic heterocycles. The highest BCUT2D eigenvalue weighted by molar-refractivity contribution is 5.72. The van der Waals surface area contributed by atoms with Crippen molar-refractivity contribution in [3.63, 3.8) is 0 Å². The first-order valence-corrected chi connectivity index (χ1v) is 4.55. The Hall–Kier alpha value is -1.42. The molecule has 1 aromatic carbocycles. The zero-order valence-electron chi connectivity index (χ0n) is 8.66. The number of halogens is 1. The maximum Gasteiger partial charge on any atom is 0.333 e. The van der Waals surface area contributed by atoms with E-state index in [9.17, 15) is 9.18 Å². The van der Waals surface area contributed by atoms with Gasteiger partial charge in [-0.3, -0.25) is 0 Å². The molecule has 0 saturated carbocycles. The zero-order valence-corrected chi connectivity index (χ0v) is 8.66. The van der Waals surface area contributed by atoms with Crippen LogP contribution in [0.4, 0.5) is 4.39 Å². The summed E-state index contributed by atoms with van der Waals surface area (Å²) in [4.78, 5) is 10.7. The summed E-state index contributed by atoms with van der Waals surface area (Å²) < 4.78 is 17.7. The van der Waals surface area contributed by atoms with Crippen LogP contribution in [0.25, 0.3) is 0 Å². The molecule has 4 heteroatoms. The van der Waals surface area contributed by atoms with Gasteiger partial charge in [-0.1, -0.05) is 6.07 Å². The highest BCUT2D eigenvalue weighted by Gasteiger charge is 2.17. The summed E-state index contributed by atoms with van der Waals surface area (Å²) in [5.74, 6) is -1.41. The number of carboxylic acids is 1. The zero-order chi connectivity index (χ0) is 11.4. The van der Waals surface area contributed by atoms with Gasteiger partial charge in [-0.05, 0) is 30.2 Å². The average Bonchev–Trinajstić information content (AvgIpc) is 2.18. The first-order valence-electron chi connectivity index (χ1n) is 4.55. The van der Waals surface area contributed by atoms with E-state index in [1.807, 2.05) is 6.92 Å². The topological polar surface area (TPSA) is 46.5 Å². The normalized spacial score (nSPS) is 12.5. The van der Waals surface area contributed by atoms with Gasteiger partial charge in [0.2, 0.25) is 0 Å². The van der Waals surface area contributed by atoms with E-state index in [2.05, 4.69) is 0 Å². The highest BCUT2D eigenvalue weighted by atomic mass is 19.1. The summed E-state index contributed by atoms with van der Waals surface area (Å²) in [7, 11) is 1.33. The Kier molecular flexibility index (Phi) is 3.80. The molecule has 0 aliphatic rings. The van der Waals surface area contributed by atoms with Crippen molar-refractivity contribution < 1.29 is 19.0 Å².